The van der Waals surface area contributed by atoms with Gasteiger partial charge >= 0.3 is 0 Å². The van der Waals surface area contributed by atoms with Crippen molar-refractivity contribution in [3.63, 3.8) is 0 Å². The Hall–Kier alpha value is -2.49. The van der Waals surface area contributed by atoms with Gasteiger partial charge in [0.05, 0.1) is 35.5 Å². The summed E-state index contributed by atoms with van der Waals surface area (Å²) in [5, 5.41) is 19.0. The van der Waals surface area contributed by atoms with E-state index in [2.05, 4.69) is 6.07 Å². The summed E-state index contributed by atoms with van der Waals surface area (Å²) >= 11 is 0. The maximum absolute atomic E-state index is 15.0. The van der Waals surface area contributed by atoms with Crippen molar-refractivity contribution in [1.29, 1.82) is 5.26 Å². The van der Waals surface area contributed by atoms with Crippen molar-refractivity contribution in [3.05, 3.63) is 52.6 Å². The molecule has 27 heavy (non-hydrogen) atoms. The maximum Gasteiger partial charge on any atom is 0.181 e. The standard InChI is InChI=1S/C21H22FN3O2/c1-12-20(19(27)11-24-16-7-8-17(24)18(26)9-16)21(22)13(2)25(12)15-5-3-14(10-23)4-6-15/h3-6,16-18,26H,7-9,11H2,1-2H3/t16?,17?,18-/m0/s1. The van der Waals surface area contributed by atoms with Crippen molar-refractivity contribution in [2.24, 2.45) is 0 Å². The van der Waals surface area contributed by atoms with Gasteiger partial charge in [-0.1, -0.05) is 0 Å². The molecule has 0 amide bonds. The first-order valence-electron chi connectivity index (χ1n) is 9.27. The quantitative estimate of drug-likeness (QED) is 0.844. The van der Waals surface area contributed by atoms with E-state index in [0.29, 0.717) is 23.4 Å². The first kappa shape index (κ1) is 17.9. The number of aliphatic hydroxyl groups excluding tert-OH is 1. The number of hydrogen-bond donors (Lipinski definition) is 1. The molecule has 0 saturated carbocycles. The van der Waals surface area contributed by atoms with Gasteiger partial charge in [-0.15, -0.1) is 0 Å². The smallest absolute Gasteiger partial charge is 0.181 e. The lowest BCUT2D eigenvalue weighted by Gasteiger charge is -2.21. The van der Waals surface area contributed by atoms with Crippen molar-refractivity contribution in [2.75, 3.05) is 6.54 Å². The number of aliphatic hydroxyl groups is 1. The van der Waals surface area contributed by atoms with Gasteiger partial charge in [0.25, 0.3) is 0 Å². The highest BCUT2D eigenvalue weighted by atomic mass is 19.1. The summed E-state index contributed by atoms with van der Waals surface area (Å²) in [6.45, 7) is 3.54. The van der Waals surface area contributed by atoms with Gasteiger partial charge in [0.1, 0.15) is 0 Å². The van der Waals surface area contributed by atoms with Crippen LogP contribution in [0, 0.1) is 31.0 Å². The summed E-state index contributed by atoms with van der Waals surface area (Å²) in [5.41, 5.74) is 2.31. The minimum atomic E-state index is -0.492. The summed E-state index contributed by atoms with van der Waals surface area (Å²) < 4.78 is 16.7. The summed E-state index contributed by atoms with van der Waals surface area (Å²) in [6, 6.07) is 9.16. The highest BCUT2D eigenvalue weighted by Crippen LogP contribution is 2.38. The molecule has 2 fully saturated rings. The third-order valence-electron chi connectivity index (χ3n) is 6.08. The van der Waals surface area contributed by atoms with Crippen LogP contribution in [0.2, 0.25) is 0 Å². The van der Waals surface area contributed by atoms with Gasteiger partial charge in [-0.3, -0.25) is 9.69 Å². The van der Waals surface area contributed by atoms with Gasteiger partial charge in [-0.25, -0.2) is 4.39 Å². The second-order valence-corrected chi connectivity index (χ2v) is 7.55. The fourth-order valence-electron chi connectivity index (χ4n) is 4.76. The van der Waals surface area contributed by atoms with E-state index in [9.17, 15) is 14.3 Å². The number of nitriles is 1. The van der Waals surface area contributed by atoms with Crippen LogP contribution in [0.4, 0.5) is 4.39 Å². The van der Waals surface area contributed by atoms with Gasteiger partial charge in [-0.05, 0) is 57.4 Å². The van der Waals surface area contributed by atoms with Gasteiger partial charge < -0.3 is 9.67 Å². The average Bonchev–Trinajstić information content (AvgIpc) is 3.24. The highest BCUT2D eigenvalue weighted by Gasteiger charge is 2.46. The molecular formula is C21H22FN3O2. The van der Waals surface area contributed by atoms with E-state index in [0.717, 1.165) is 18.5 Å². The van der Waals surface area contributed by atoms with Crippen LogP contribution in [0.15, 0.2) is 24.3 Å². The number of nitrogens with zero attached hydrogens (tertiary/aromatic N) is 3. The highest BCUT2D eigenvalue weighted by molar-refractivity contribution is 5.99. The topological polar surface area (TPSA) is 69.3 Å². The zero-order valence-corrected chi connectivity index (χ0v) is 15.4. The SMILES string of the molecule is Cc1c(F)c(C(=O)CN2C3CCC2[C@@H](O)C3)c(C)n1-c1ccc(C#N)cc1. The Balaban J connectivity index is 1.65. The molecule has 1 aromatic heterocycles. The van der Waals surface area contributed by atoms with Gasteiger partial charge in [0.2, 0.25) is 0 Å². The molecule has 6 heteroatoms. The molecule has 0 spiro atoms. The van der Waals surface area contributed by atoms with E-state index in [1.54, 1.807) is 42.7 Å². The van der Waals surface area contributed by atoms with E-state index in [1.165, 1.54) is 0 Å². The van der Waals surface area contributed by atoms with Crippen LogP contribution < -0.4 is 0 Å². The minimum Gasteiger partial charge on any atom is -0.391 e. The van der Waals surface area contributed by atoms with Crippen molar-refractivity contribution >= 4 is 5.78 Å². The van der Waals surface area contributed by atoms with Crippen LogP contribution in [0.1, 0.15) is 46.6 Å². The Morgan fingerprint density at radius 1 is 1.26 bits per heavy atom. The third-order valence-corrected chi connectivity index (χ3v) is 6.08. The number of hydrogen-bond acceptors (Lipinski definition) is 4. The molecule has 2 unspecified atom stereocenters. The lowest BCUT2D eigenvalue weighted by molar-refractivity contribution is 0.0870. The van der Waals surface area contributed by atoms with E-state index in [-0.39, 0.29) is 36.1 Å². The zero-order chi connectivity index (χ0) is 19.3. The predicted octanol–water partition coefficient (Wildman–Crippen LogP) is 2.89. The molecule has 0 aliphatic carbocycles. The number of Topliss-reactive ketones (excluding diaryl/α,β-unsaturated/α-hetero) is 1. The van der Waals surface area contributed by atoms with E-state index >= 15 is 0 Å². The molecular weight excluding hydrogens is 345 g/mol. The van der Waals surface area contributed by atoms with Crippen LogP contribution in [0.25, 0.3) is 5.69 Å². The molecule has 4 rings (SSSR count). The van der Waals surface area contributed by atoms with E-state index in [1.807, 2.05) is 4.90 Å². The Morgan fingerprint density at radius 2 is 1.96 bits per heavy atom. The lowest BCUT2D eigenvalue weighted by Crippen LogP contribution is -2.36. The number of benzene rings is 1. The average molecular weight is 367 g/mol. The Kier molecular flexibility index (Phi) is 4.37. The number of ketones is 1. The molecule has 3 heterocycles. The Bertz CT molecular complexity index is 942. The first-order chi connectivity index (χ1) is 12.9. The van der Waals surface area contributed by atoms with Crippen LogP contribution >= 0.6 is 0 Å². The summed E-state index contributed by atoms with van der Waals surface area (Å²) in [4.78, 5) is 15.0. The molecule has 3 atom stereocenters. The first-order valence-corrected chi connectivity index (χ1v) is 9.27. The van der Waals surface area contributed by atoms with Gasteiger partial charge in [0, 0.05) is 23.5 Å². The second kappa shape index (κ2) is 6.59. The van der Waals surface area contributed by atoms with Gasteiger partial charge in [0.15, 0.2) is 11.6 Å². The molecule has 0 radical (unpaired) electrons. The number of carbonyl (C=O) groups excluding carboxylic acids is 1. The normalized spacial score (nSPS) is 24.3. The van der Waals surface area contributed by atoms with Crippen LogP contribution in [0.5, 0.6) is 0 Å². The third kappa shape index (κ3) is 2.78. The Labute approximate surface area is 157 Å². The summed E-state index contributed by atoms with van der Waals surface area (Å²) in [6.07, 6.45) is 2.20. The van der Waals surface area contributed by atoms with Crippen LogP contribution in [0.3, 0.4) is 0 Å². The Morgan fingerprint density at radius 3 is 2.52 bits per heavy atom. The molecule has 1 aromatic carbocycles. The van der Waals surface area contributed by atoms with E-state index in [4.69, 9.17) is 5.26 Å². The number of rotatable bonds is 4. The molecule has 2 bridgehead atoms. The van der Waals surface area contributed by atoms with Crippen LogP contribution in [-0.4, -0.2) is 45.1 Å². The fraction of sp³-hybridized carbons (Fsp3) is 0.429. The monoisotopic (exact) mass is 367 g/mol. The summed E-state index contributed by atoms with van der Waals surface area (Å²) in [7, 11) is 0. The van der Waals surface area contributed by atoms with Gasteiger partial charge in [-0.2, -0.15) is 5.26 Å². The van der Waals surface area contributed by atoms with Crippen LogP contribution in [-0.2, 0) is 0 Å². The molecule has 1 N–H and O–H groups in total. The molecule has 2 saturated heterocycles. The van der Waals surface area contributed by atoms with Crippen molar-refractivity contribution in [2.45, 2.75) is 51.3 Å². The molecule has 140 valence electrons. The number of aromatic nitrogens is 1. The molecule has 2 aromatic rings. The zero-order valence-electron chi connectivity index (χ0n) is 15.4. The second-order valence-electron chi connectivity index (χ2n) is 7.55. The minimum absolute atomic E-state index is 0.0176. The van der Waals surface area contributed by atoms with Crippen molar-refractivity contribution in [3.8, 4) is 11.8 Å². The molecule has 2 aliphatic heterocycles. The number of carbonyl (C=O) groups is 1. The van der Waals surface area contributed by atoms with Crippen molar-refractivity contribution < 1.29 is 14.3 Å². The predicted molar refractivity (Wildman–Crippen MR) is 98.4 cm³/mol. The molecule has 2 aliphatic rings. The molecule has 5 nitrogen and oxygen atoms in total. The van der Waals surface area contributed by atoms with E-state index < -0.39 is 5.82 Å². The largest absolute Gasteiger partial charge is 0.391 e. The number of halogens is 1. The summed E-state index contributed by atoms with van der Waals surface area (Å²) in [5.74, 6) is -0.736. The maximum atomic E-state index is 15.0. The number of fused-ring (bicyclic) bond motifs is 2. The lowest BCUT2D eigenvalue weighted by atomic mass is 9.98. The van der Waals surface area contributed by atoms with Crippen molar-refractivity contribution in [1.82, 2.24) is 9.47 Å². The fourth-order valence-corrected chi connectivity index (χ4v) is 4.76.